The van der Waals surface area contributed by atoms with Crippen LogP contribution in [0.1, 0.15) is 0 Å². The molecule has 5 N–H and O–H groups in total. The molecule has 2 atom stereocenters. The quantitative estimate of drug-likeness (QED) is 0.353. The molecular formula is C6H12NO5P. The third-order valence-corrected chi connectivity index (χ3v) is 2.40. The minimum Gasteiger partial charge on any atom is -0.480 e. The maximum Gasteiger partial charge on any atom is 0.326 e. The van der Waals surface area contributed by atoms with Crippen LogP contribution in [-0.2, 0) is 9.36 Å². The molecule has 7 heteroatoms. The maximum atomic E-state index is 10.5. The van der Waals surface area contributed by atoms with Gasteiger partial charge in [0, 0.05) is 5.92 Å². The van der Waals surface area contributed by atoms with Crippen LogP contribution in [0.3, 0.4) is 0 Å². The van der Waals surface area contributed by atoms with Gasteiger partial charge in [-0.1, -0.05) is 6.08 Å². The van der Waals surface area contributed by atoms with Crippen LogP contribution in [0, 0.1) is 5.92 Å². The molecule has 0 rings (SSSR count). The second kappa shape index (κ2) is 4.53. The van der Waals surface area contributed by atoms with Gasteiger partial charge in [-0.3, -0.25) is 9.36 Å². The van der Waals surface area contributed by atoms with Gasteiger partial charge in [-0.05, 0) is 0 Å². The number of nitrogens with two attached hydrogens (primary N) is 1. The molecule has 0 aromatic carbocycles. The van der Waals surface area contributed by atoms with Gasteiger partial charge in [0.1, 0.15) is 6.04 Å². The van der Waals surface area contributed by atoms with Crippen molar-refractivity contribution in [2.45, 2.75) is 6.04 Å². The van der Waals surface area contributed by atoms with E-state index in [-0.39, 0.29) is 0 Å². The van der Waals surface area contributed by atoms with Crippen LogP contribution in [0.25, 0.3) is 0 Å². The molecule has 0 aromatic rings. The normalized spacial score (nSPS) is 16.2. The second-order valence-corrected chi connectivity index (χ2v) is 4.31. The summed E-state index contributed by atoms with van der Waals surface area (Å²) < 4.78 is 10.5. The number of carbonyl (C=O) groups is 1. The lowest BCUT2D eigenvalue weighted by Gasteiger charge is -2.16. The zero-order valence-corrected chi connectivity index (χ0v) is 7.72. The number of hydrogen-bond donors (Lipinski definition) is 4. The van der Waals surface area contributed by atoms with Crippen molar-refractivity contribution in [2.24, 2.45) is 11.7 Å². The Labute approximate surface area is 75.2 Å². The van der Waals surface area contributed by atoms with Crippen LogP contribution in [0.5, 0.6) is 0 Å². The first-order valence-electron chi connectivity index (χ1n) is 3.43. The van der Waals surface area contributed by atoms with E-state index in [9.17, 15) is 9.36 Å². The average Bonchev–Trinajstić information content (AvgIpc) is 1.97. The number of carboxylic acid groups (broad SMARTS) is 1. The van der Waals surface area contributed by atoms with Gasteiger partial charge in [-0.15, -0.1) is 6.58 Å². The van der Waals surface area contributed by atoms with Gasteiger partial charge in [0.15, 0.2) is 0 Å². The molecule has 13 heavy (non-hydrogen) atoms. The summed E-state index contributed by atoms with van der Waals surface area (Å²) in [6.45, 7) is 3.26. The lowest BCUT2D eigenvalue weighted by Crippen LogP contribution is -2.38. The lowest BCUT2D eigenvalue weighted by molar-refractivity contribution is -0.139. The minimum absolute atomic E-state index is 0.593. The molecule has 6 nitrogen and oxygen atoms in total. The van der Waals surface area contributed by atoms with Crippen LogP contribution >= 0.6 is 7.60 Å². The Morgan fingerprint density at radius 1 is 1.62 bits per heavy atom. The highest BCUT2D eigenvalue weighted by molar-refractivity contribution is 7.51. The molecule has 0 radical (unpaired) electrons. The molecule has 0 fully saturated rings. The third-order valence-electron chi connectivity index (χ3n) is 1.50. The zero-order valence-electron chi connectivity index (χ0n) is 6.83. The van der Waals surface area contributed by atoms with Gasteiger partial charge in [0.25, 0.3) is 0 Å². The molecule has 0 aliphatic rings. The third kappa shape index (κ3) is 4.80. The number of hydrogen-bond acceptors (Lipinski definition) is 3. The van der Waals surface area contributed by atoms with Crippen molar-refractivity contribution in [1.29, 1.82) is 0 Å². The van der Waals surface area contributed by atoms with Crippen molar-refractivity contribution in [3.05, 3.63) is 12.7 Å². The van der Waals surface area contributed by atoms with Gasteiger partial charge in [0.05, 0.1) is 6.16 Å². The predicted octanol–water partition coefficient (Wildman–Crippen LogP) is -0.622. The maximum absolute atomic E-state index is 10.5. The number of aliphatic carboxylic acids is 1. The summed E-state index contributed by atoms with van der Waals surface area (Å²) in [5.41, 5.74) is 5.16. The molecule has 0 saturated heterocycles. The Kier molecular flexibility index (Phi) is 4.29. The van der Waals surface area contributed by atoms with Gasteiger partial charge in [0.2, 0.25) is 0 Å². The molecule has 0 heterocycles. The average molecular weight is 209 g/mol. The largest absolute Gasteiger partial charge is 0.480 e. The highest BCUT2D eigenvalue weighted by Crippen LogP contribution is 2.37. The van der Waals surface area contributed by atoms with Crippen LogP contribution in [0.2, 0.25) is 0 Å². The highest BCUT2D eigenvalue weighted by atomic mass is 31.2. The summed E-state index contributed by atoms with van der Waals surface area (Å²) >= 11 is 0. The van der Waals surface area contributed by atoms with Crippen LogP contribution in [0.4, 0.5) is 0 Å². The van der Waals surface area contributed by atoms with E-state index in [1.165, 1.54) is 0 Å². The Hall–Kier alpha value is -0.680. The molecule has 0 aliphatic carbocycles. The van der Waals surface area contributed by atoms with Crippen LogP contribution < -0.4 is 5.73 Å². The zero-order chi connectivity index (χ0) is 10.6. The van der Waals surface area contributed by atoms with Crippen molar-refractivity contribution in [1.82, 2.24) is 0 Å². The molecule has 0 unspecified atom stereocenters. The van der Waals surface area contributed by atoms with Gasteiger partial charge >= 0.3 is 13.6 Å². The number of carboxylic acids is 1. The molecule has 0 aromatic heterocycles. The summed E-state index contributed by atoms with van der Waals surface area (Å²) in [4.78, 5) is 27.5. The van der Waals surface area contributed by atoms with Crippen molar-refractivity contribution in [2.75, 3.05) is 6.16 Å². The first-order valence-corrected chi connectivity index (χ1v) is 5.23. The van der Waals surface area contributed by atoms with Crippen LogP contribution in [-0.4, -0.2) is 33.1 Å². The Morgan fingerprint density at radius 2 is 2.08 bits per heavy atom. The molecule has 0 bridgehead atoms. The Morgan fingerprint density at radius 3 is 2.31 bits per heavy atom. The Bertz CT molecular complexity index is 247. The van der Waals surface area contributed by atoms with Crippen LogP contribution in [0.15, 0.2) is 12.7 Å². The van der Waals surface area contributed by atoms with Crippen molar-refractivity contribution < 1.29 is 24.3 Å². The van der Waals surface area contributed by atoms with Crippen molar-refractivity contribution in [3.63, 3.8) is 0 Å². The monoisotopic (exact) mass is 209 g/mol. The summed E-state index contributed by atoms with van der Waals surface area (Å²) in [5, 5.41) is 8.45. The van der Waals surface area contributed by atoms with E-state index in [0.29, 0.717) is 0 Å². The van der Waals surface area contributed by atoms with Gasteiger partial charge in [-0.2, -0.15) is 0 Å². The van der Waals surface area contributed by atoms with E-state index < -0.39 is 31.7 Å². The molecular weight excluding hydrogens is 197 g/mol. The first-order chi connectivity index (χ1) is 5.78. The first kappa shape index (κ1) is 12.3. The van der Waals surface area contributed by atoms with E-state index in [2.05, 4.69) is 6.58 Å². The van der Waals surface area contributed by atoms with E-state index in [1.54, 1.807) is 0 Å². The SMILES string of the molecule is C=C[C@@H](CP(=O)(O)O)[C@H](N)C(=O)O. The predicted molar refractivity (Wildman–Crippen MR) is 46.2 cm³/mol. The molecule has 0 amide bonds. The summed E-state index contributed by atoms with van der Waals surface area (Å²) in [6.07, 6.45) is 0.543. The minimum atomic E-state index is -4.25. The smallest absolute Gasteiger partial charge is 0.326 e. The van der Waals surface area contributed by atoms with E-state index in [1.807, 2.05) is 0 Å². The summed E-state index contributed by atoms with van der Waals surface area (Å²) in [6, 6.07) is -1.33. The fraction of sp³-hybridized carbons (Fsp3) is 0.500. The molecule has 0 aliphatic heterocycles. The number of rotatable bonds is 5. The standard InChI is InChI=1S/C6H12NO5P/c1-2-4(3-13(10,11)12)5(7)6(8)9/h2,4-5H,1,3,7H2,(H,8,9)(H2,10,11,12)/t4-,5-/m0/s1. The second-order valence-electron chi connectivity index (χ2n) is 2.61. The molecule has 76 valence electrons. The van der Waals surface area contributed by atoms with Crippen molar-refractivity contribution >= 4 is 13.6 Å². The topological polar surface area (TPSA) is 121 Å². The molecule has 0 spiro atoms. The van der Waals surface area contributed by atoms with Gasteiger partial charge in [-0.25, -0.2) is 0 Å². The molecule has 0 saturated carbocycles. The van der Waals surface area contributed by atoms with E-state index in [0.717, 1.165) is 6.08 Å². The van der Waals surface area contributed by atoms with Crippen molar-refractivity contribution in [3.8, 4) is 0 Å². The fourth-order valence-electron chi connectivity index (χ4n) is 0.792. The lowest BCUT2D eigenvalue weighted by atomic mass is 10.0. The van der Waals surface area contributed by atoms with E-state index in [4.69, 9.17) is 20.6 Å². The Balaban J connectivity index is 4.44. The fourth-order valence-corrected chi connectivity index (χ4v) is 1.72. The summed E-state index contributed by atoms with van der Waals surface area (Å²) in [5.74, 6) is -2.23. The summed E-state index contributed by atoms with van der Waals surface area (Å²) in [7, 11) is -4.25. The highest BCUT2D eigenvalue weighted by Gasteiger charge is 2.28. The van der Waals surface area contributed by atoms with E-state index >= 15 is 0 Å². The van der Waals surface area contributed by atoms with Gasteiger partial charge < -0.3 is 20.6 Å².